The SMILES string of the molecule is Cc1cn[n]([AlH2])c(=O)c1OCC(F)(F)F. The molecule has 0 aliphatic rings. The number of alkyl halides is 3. The number of aryl methyl sites for hydroxylation is 1. The average molecular weight is 236 g/mol. The van der Waals surface area contributed by atoms with Crippen LogP contribution in [0.2, 0.25) is 0 Å². The minimum absolute atomic E-state index is 0.280. The van der Waals surface area contributed by atoms with E-state index in [1.165, 1.54) is 13.1 Å². The molecule has 1 rings (SSSR count). The number of hydrogen-bond acceptors (Lipinski definition) is 3. The van der Waals surface area contributed by atoms with Crippen LogP contribution in [0.4, 0.5) is 13.2 Å². The van der Waals surface area contributed by atoms with E-state index in [4.69, 9.17) is 0 Å². The molecule has 0 bridgehead atoms. The molecule has 15 heavy (non-hydrogen) atoms. The summed E-state index contributed by atoms with van der Waals surface area (Å²) in [6.07, 6.45) is -3.14. The van der Waals surface area contributed by atoms with Gasteiger partial charge in [0.15, 0.2) is 12.4 Å². The highest BCUT2D eigenvalue weighted by Gasteiger charge is 2.29. The quantitative estimate of drug-likeness (QED) is 0.673. The van der Waals surface area contributed by atoms with Crippen LogP contribution in [-0.4, -0.2) is 38.1 Å². The van der Waals surface area contributed by atoms with Gasteiger partial charge in [0.1, 0.15) is 0 Å². The highest BCUT2D eigenvalue weighted by Crippen LogP contribution is 2.17. The van der Waals surface area contributed by atoms with Gasteiger partial charge in [0.2, 0.25) is 0 Å². The Morgan fingerprint density at radius 1 is 1.60 bits per heavy atom. The van der Waals surface area contributed by atoms with Gasteiger partial charge in [0.05, 0.1) is 6.20 Å². The van der Waals surface area contributed by atoms with Crippen LogP contribution in [0, 0.1) is 6.92 Å². The van der Waals surface area contributed by atoms with E-state index in [1.54, 1.807) is 0 Å². The van der Waals surface area contributed by atoms with Crippen LogP contribution in [0.15, 0.2) is 11.0 Å². The summed E-state index contributed by atoms with van der Waals surface area (Å²) in [4.78, 5) is 11.3. The van der Waals surface area contributed by atoms with Gasteiger partial charge in [0.25, 0.3) is 5.56 Å². The Kier molecular flexibility index (Phi) is 3.42. The highest BCUT2D eigenvalue weighted by molar-refractivity contribution is 6.05. The molecule has 1 aromatic rings. The third kappa shape index (κ3) is 3.25. The summed E-state index contributed by atoms with van der Waals surface area (Å²) in [5, 5.41) is 3.69. The first-order chi connectivity index (χ1) is 6.81. The lowest BCUT2D eigenvalue weighted by Gasteiger charge is -2.11. The van der Waals surface area contributed by atoms with E-state index in [2.05, 4.69) is 9.84 Å². The summed E-state index contributed by atoms with van der Waals surface area (Å²) in [6.45, 7) is 0.0102. The van der Waals surface area contributed by atoms with Gasteiger partial charge in [-0.3, -0.25) is 4.79 Å². The van der Waals surface area contributed by atoms with E-state index >= 15 is 0 Å². The van der Waals surface area contributed by atoms with E-state index in [0.717, 1.165) is 3.67 Å². The molecule has 0 atom stereocenters. The fourth-order valence-electron chi connectivity index (χ4n) is 0.929. The van der Waals surface area contributed by atoms with Crippen molar-refractivity contribution in [2.45, 2.75) is 13.1 Å². The van der Waals surface area contributed by atoms with Crippen LogP contribution in [0.3, 0.4) is 0 Å². The van der Waals surface area contributed by atoms with Crippen LogP contribution in [-0.2, 0) is 0 Å². The van der Waals surface area contributed by atoms with Crippen molar-refractivity contribution in [1.82, 2.24) is 8.76 Å². The summed E-state index contributed by atoms with van der Waals surface area (Å²) in [7, 11) is 0. The number of nitrogens with zero attached hydrogens (tertiary/aromatic N) is 2. The largest absolute Gasteiger partial charge is 0.478 e. The fourth-order valence-corrected chi connectivity index (χ4v) is 1.25. The number of halogens is 3. The molecule has 0 saturated heterocycles. The lowest BCUT2D eigenvalue weighted by Crippen LogP contribution is -2.27. The Bertz CT molecular complexity index is 416. The van der Waals surface area contributed by atoms with Crippen molar-refractivity contribution in [3.05, 3.63) is 22.1 Å². The number of aromatic nitrogens is 2. The van der Waals surface area contributed by atoms with Gasteiger partial charge in [-0.25, -0.2) is 5.10 Å². The molecule has 0 saturated carbocycles. The van der Waals surface area contributed by atoms with Crippen LogP contribution < -0.4 is 10.3 Å². The number of ether oxygens (including phenoxy) is 1. The molecule has 4 nitrogen and oxygen atoms in total. The highest BCUT2D eigenvalue weighted by atomic mass is 27.1. The van der Waals surface area contributed by atoms with E-state index in [9.17, 15) is 18.0 Å². The molecule has 1 heterocycles. The number of hydrogen-bond donors (Lipinski definition) is 0. The van der Waals surface area contributed by atoms with Crippen LogP contribution in [0.25, 0.3) is 0 Å². The van der Waals surface area contributed by atoms with Gasteiger partial charge in [0, 0.05) is 5.56 Å². The Morgan fingerprint density at radius 3 is 2.73 bits per heavy atom. The second kappa shape index (κ2) is 4.25. The average Bonchev–Trinajstić information content (AvgIpc) is 2.10. The van der Waals surface area contributed by atoms with E-state index in [-0.39, 0.29) is 5.75 Å². The molecule has 1 aromatic heterocycles. The van der Waals surface area contributed by atoms with Gasteiger partial charge in [-0.2, -0.15) is 13.2 Å². The molecule has 0 fully saturated rings. The smallest absolute Gasteiger partial charge is 0.422 e. The lowest BCUT2D eigenvalue weighted by atomic mass is 10.3. The van der Waals surface area contributed by atoms with Crippen molar-refractivity contribution in [2.24, 2.45) is 0 Å². The van der Waals surface area contributed by atoms with E-state index < -0.39 is 18.3 Å². The molecule has 0 aliphatic carbocycles. The van der Waals surface area contributed by atoms with Gasteiger partial charge in [-0.15, -0.1) is 0 Å². The maximum atomic E-state index is 11.9. The molecule has 0 radical (unpaired) electrons. The molecular formula is C7H8AlF3N2O2. The molecule has 0 aromatic carbocycles. The molecule has 0 amide bonds. The topological polar surface area (TPSA) is 44.1 Å². The van der Waals surface area contributed by atoms with Gasteiger partial charge in [-0.05, 0) is 6.92 Å². The minimum atomic E-state index is -4.45. The monoisotopic (exact) mass is 236 g/mol. The third-order valence-electron chi connectivity index (χ3n) is 1.65. The summed E-state index contributed by atoms with van der Waals surface area (Å²) < 4.78 is 41.1. The Hall–Kier alpha value is -0.998. The molecule has 0 spiro atoms. The Balaban J connectivity index is 2.95. The maximum absolute atomic E-state index is 11.9. The Morgan fingerprint density at radius 2 is 2.20 bits per heavy atom. The summed E-state index contributed by atoms with van der Waals surface area (Å²) >= 11 is 0.301. The Labute approximate surface area is 91.3 Å². The first-order valence-corrected chi connectivity index (χ1v) is 4.93. The lowest BCUT2D eigenvalue weighted by molar-refractivity contribution is -0.153. The van der Waals surface area contributed by atoms with Crippen molar-refractivity contribution < 1.29 is 17.9 Å². The van der Waals surface area contributed by atoms with Gasteiger partial charge < -0.3 is 8.40 Å². The zero-order chi connectivity index (χ0) is 11.6. The van der Waals surface area contributed by atoms with Gasteiger partial charge in [-0.1, -0.05) is 0 Å². The molecule has 0 N–H and O–H groups in total. The first-order valence-electron chi connectivity index (χ1n) is 4.04. The zero-order valence-corrected chi connectivity index (χ0v) is 10.1. The maximum Gasteiger partial charge on any atom is 0.422 e. The normalized spacial score (nSPS) is 11.5. The van der Waals surface area contributed by atoms with Crippen molar-refractivity contribution in [2.75, 3.05) is 6.61 Å². The zero-order valence-electron chi connectivity index (χ0n) is 8.13. The predicted molar refractivity (Wildman–Crippen MR) is 48.7 cm³/mol. The van der Waals surface area contributed by atoms with Crippen LogP contribution in [0.1, 0.15) is 5.56 Å². The summed E-state index contributed by atoms with van der Waals surface area (Å²) in [5.41, 5.74) is -0.317. The second-order valence-electron chi connectivity index (χ2n) is 2.99. The van der Waals surface area contributed by atoms with Gasteiger partial charge >= 0.3 is 22.7 Å². The van der Waals surface area contributed by atoms with Crippen LogP contribution in [0.5, 0.6) is 5.75 Å². The standard InChI is InChI=1S/C7H7F3N2O2.Al.2H/c1-4-2-11-12-6(13)5(4)14-3-7(8,9)10;;;/h2H,3H2,1H3,(H,12,13);;;/q;+1;;/p-1. The fraction of sp³-hybridized carbons (Fsp3) is 0.429. The number of rotatable bonds is 2. The first kappa shape index (κ1) is 12.1. The molecule has 8 heteroatoms. The van der Waals surface area contributed by atoms with Crippen molar-refractivity contribution in [3.8, 4) is 5.75 Å². The predicted octanol–water partition coefficient (Wildman–Crippen LogP) is -0.111. The molecule has 0 unspecified atom stereocenters. The van der Waals surface area contributed by atoms with Crippen molar-refractivity contribution in [1.29, 1.82) is 0 Å². The molecule has 82 valence electrons. The second-order valence-corrected chi connectivity index (χ2v) is 3.84. The van der Waals surface area contributed by atoms with E-state index in [0.29, 0.717) is 22.1 Å². The van der Waals surface area contributed by atoms with Crippen molar-refractivity contribution >= 4 is 16.5 Å². The molecular weight excluding hydrogens is 228 g/mol. The molecule has 0 aliphatic heterocycles. The minimum Gasteiger partial charge on any atom is -0.478 e. The van der Waals surface area contributed by atoms with Crippen molar-refractivity contribution in [3.63, 3.8) is 0 Å². The summed E-state index contributed by atoms with van der Waals surface area (Å²) in [6, 6.07) is 0. The third-order valence-corrected chi connectivity index (χ3v) is 2.29. The van der Waals surface area contributed by atoms with E-state index in [1.807, 2.05) is 0 Å². The van der Waals surface area contributed by atoms with Crippen LogP contribution >= 0.6 is 0 Å². The summed E-state index contributed by atoms with van der Waals surface area (Å²) in [5.74, 6) is -0.280.